The van der Waals surface area contributed by atoms with Gasteiger partial charge in [0.15, 0.2) is 0 Å². The van der Waals surface area contributed by atoms with Gasteiger partial charge in [-0.1, -0.05) is 11.6 Å². The van der Waals surface area contributed by atoms with E-state index in [9.17, 15) is 4.79 Å². The van der Waals surface area contributed by atoms with Crippen LogP contribution in [0.15, 0.2) is 6.20 Å². The van der Waals surface area contributed by atoms with Crippen LogP contribution < -0.4 is 0 Å². The van der Waals surface area contributed by atoms with E-state index in [-0.39, 0.29) is 5.92 Å². The minimum atomic E-state index is 0.195. The SMILES string of the molecule is Cn1cc(CC2CCCCC2=O)nn1. The molecule has 1 saturated carbocycles. The minimum absolute atomic E-state index is 0.195. The van der Waals surface area contributed by atoms with Gasteiger partial charge in [0.2, 0.25) is 0 Å². The molecule has 1 aliphatic carbocycles. The summed E-state index contributed by atoms with van der Waals surface area (Å²) < 4.78 is 1.68. The van der Waals surface area contributed by atoms with Gasteiger partial charge in [-0.25, -0.2) is 0 Å². The monoisotopic (exact) mass is 193 g/mol. The lowest BCUT2D eigenvalue weighted by Crippen LogP contribution is -2.21. The lowest BCUT2D eigenvalue weighted by Gasteiger charge is -2.18. The number of ketones is 1. The third kappa shape index (κ3) is 2.00. The Bertz CT molecular complexity index is 332. The molecule has 1 heterocycles. The predicted molar refractivity (Wildman–Crippen MR) is 51.7 cm³/mol. The highest BCUT2D eigenvalue weighted by molar-refractivity contribution is 5.81. The van der Waals surface area contributed by atoms with Crippen LogP contribution in [-0.4, -0.2) is 20.8 Å². The molecule has 4 nitrogen and oxygen atoms in total. The third-order valence-electron chi connectivity index (χ3n) is 2.79. The molecule has 0 saturated heterocycles. The van der Waals surface area contributed by atoms with E-state index >= 15 is 0 Å². The summed E-state index contributed by atoms with van der Waals surface area (Å²) in [6, 6.07) is 0. The van der Waals surface area contributed by atoms with Crippen LogP contribution in [0.3, 0.4) is 0 Å². The maximum absolute atomic E-state index is 11.6. The zero-order chi connectivity index (χ0) is 9.97. The van der Waals surface area contributed by atoms with Crippen molar-refractivity contribution in [1.29, 1.82) is 0 Å². The second kappa shape index (κ2) is 3.90. The summed E-state index contributed by atoms with van der Waals surface area (Å²) in [5.74, 6) is 0.599. The minimum Gasteiger partial charge on any atom is -0.299 e. The molecule has 4 heteroatoms. The van der Waals surface area contributed by atoms with E-state index in [1.165, 1.54) is 6.42 Å². The number of aromatic nitrogens is 3. The quantitative estimate of drug-likeness (QED) is 0.707. The van der Waals surface area contributed by atoms with Crippen LogP contribution in [0.5, 0.6) is 0 Å². The van der Waals surface area contributed by atoms with Gasteiger partial charge in [-0.15, -0.1) is 5.10 Å². The smallest absolute Gasteiger partial charge is 0.136 e. The lowest BCUT2D eigenvalue weighted by molar-refractivity contribution is -0.124. The van der Waals surface area contributed by atoms with Crippen molar-refractivity contribution in [2.75, 3.05) is 0 Å². The fourth-order valence-electron chi connectivity index (χ4n) is 2.01. The van der Waals surface area contributed by atoms with E-state index in [2.05, 4.69) is 10.3 Å². The molecule has 2 rings (SSSR count). The average Bonchev–Trinajstić information content (AvgIpc) is 2.56. The van der Waals surface area contributed by atoms with Crippen molar-refractivity contribution in [2.45, 2.75) is 32.1 Å². The maximum atomic E-state index is 11.6. The molecule has 1 atom stereocenters. The maximum Gasteiger partial charge on any atom is 0.136 e. The Morgan fingerprint density at radius 3 is 3.07 bits per heavy atom. The number of carbonyl (C=O) groups is 1. The van der Waals surface area contributed by atoms with Crippen molar-refractivity contribution in [1.82, 2.24) is 15.0 Å². The molecule has 1 aliphatic rings. The molecular formula is C10H15N3O. The highest BCUT2D eigenvalue weighted by atomic mass is 16.1. The summed E-state index contributed by atoms with van der Waals surface area (Å²) in [7, 11) is 1.85. The first-order valence-corrected chi connectivity index (χ1v) is 5.13. The molecule has 0 bridgehead atoms. The van der Waals surface area contributed by atoms with Gasteiger partial charge in [0, 0.05) is 32.0 Å². The van der Waals surface area contributed by atoms with E-state index in [4.69, 9.17) is 0 Å². The van der Waals surface area contributed by atoms with Crippen LogP contribution in [0, 0.1) is 5.92 Å². The Hall–Kier alpha value is -1.19. The van der Waals surface area contributed by atoms with Gasteiger partial charge in [0.25, 0.3) is 0 Å². The molecule has 14 heavy (non-hydrogen) atoms. The van der Waals surface area contributed by atoms with Crippen molar-refractivity contribution in [3.8, 4) is 0 Å². The Kier molecular flexibility index (Phi) is 2.61. The van der Waals surface area contributed by atoms with E-state index in [0.29, 0.717) is 5.78 Å². The second-order valence-corrected chi connectivity index (χ2v) is 4.00. The second-order valence-electron chi connectivity index (χ2n) is 4.00. The molecule has 0 aliphatic heterocycles. The molecule has 1 aromatic heterocycles. The summed E-state index contributed by atoms with van der Waals surface area (Å²) in [5, 5.41) is 7.87. The first kappa shape index (κ1) is 9.37. The number of nitrogens with zero attached hydrogens (tertiary/aromatic N) is 3. The first-order chi connectivity index (χ1) is 6.75. The van der Waals surface area contributed by atoms with Gasteiger partial charge < -0.3 is 0 Å². The van der Waals surface area contributed by atoms with Crippen molar-refractivity contribution in [3.63, 3.8) is 0 Å². The highest BCUT2D eigenvalue weighted by Gasteiger charge is 2.23. The molecule has 0 aromatic carbocycles. The number of aryl methyl sites for hydroxylation is 1. The van der Waals surface area contributed by atoms with Gasteiger partial charge in [-0.2, -0.15) is 0 Å². The van der Waals surface area contributed by atoms with E-state index in [1.807, 2.05) is 13.2 Å². The normalized spacial score (nSPS) is 22.6. The number of hydrogen-bond donors (Lipinski definition) is 0. The predicted octanol–water partition coefficient (Wildman–Crippen LogP) is 1.12. The Morgan fingerprint density at radius 2 is 2.43 bits per heavy atom. The highest BCUT2D eigenvalue weighted by Crippen LogP contribution is 2.23. The largest absolute Gasteiger partial charge is 0.299 e. The number of carbonyl (C=O) groups excluding carboxylic acids is 1. The van der Waals surface area contributed by atoms with Crippen LogP contribution in [0.4, 0.5) is 0 Å². The molecule has 1 unspecified atom stereocenters. The van der Waals surface area contributed by atoms with E-state index in [1.54, 1.807) is 4.68 Å². The fourth-order valence-corrected chi connectivity index (χ4v) is 2.01. The summed E-state index contributed by atoms with van der Waals surface area (Å²) in [4.78, 5) is 11.6. The third-order valence-corrected chi connectivity index (χ3v) is 2.79. The fraction of sp³-hybridized carbons (Fsp3) is 0.700. The van der Waals surface area contributed by atoms with Gasteiger partial charge >= 0.3 is 0 Å². The van der Waals surface area contributed by atoms with E-state index in [0.717, 1.165) is 31.4 Å². The van der Waals surface area contributed by atoms with Gasteiger partial charge in [-0.3, -0.25) is 9.48 Å². The Morgan fingerprint density at radius 1 is 1.57 bits per heavy atom. The molecule has 0 spiro atoms. The lowest BCUT2D eigenvalue weighted by atomic mass is 9.85. The van der Waals surface area contributed by atoms with E-state index < -0.39 is 0 Å². The average molecular weight is 193 g/mol. The summed E-state index contributed by atoms with van der Waals surface area (Å²) in [5.41, 5.74) is 0.938. The van der Waals surface area contributed by atoms with Gasteiger partial charge in [0.1, 0.15) is 5.78 Å². The molecule has 0 N–H and O–H groups in total. The Balaban J connectivity index is 1.99. The molecule has 1 aromatic rings. The zero-order valence-corrected chi connectivity index (χ0v) is 8.44. The molecule has 1 fully saturated rings. The summed E-state index contributed by atoms with van der Waals surface area (Å²) in [6.45, 7) is 0. The van der Waals surface area contributed by atoms with Crippen LogP contribution in [0.25, 0.3) is 0 Å². The van der Waals surface area contributed by atoms with Gasteiger partial charge in [0.05, 0.1) is 5.69 Å². The topological polar surface area (TPSA) is 47.8 Å². The standard InChI is InChI=1S/C10H15N3O/c1-13-7-9(11-12-13)6-8-4-2-3-5-10(8)14/h7-8H,2-6H2,1H3. The zero-order valence-electron chi connectivity index (χ0n) is 8.44. The van der Waals surface area contributed by atoms with Crippen LogP contribution >= 0.6 is 0 Å². The van der Waals surface area contributed by atoms with Crippen LogP contribution in [-0.2, 0) is 18.3 Å². The first-order valence-electron chi connectivity index (χ1n) is 5.13. The number of hydrogen-bond acceptors (Lipinski definition) is 3. The number of Topliss-reactive ketones (excluding diaryl/α,β-unsaturated/α-hetero) is 1. The van der Waals surface area contributed by atoms with Crippen molar-refractivity contribution >= 4 is 5.78 Å². The van der Waals surface area contributed by atoms with Gasteiger partial charge in [-0.05, 0) is 12.8 Å². The van der Waals surface area contributed by atoms with Crippen molar-refractivity contribution in [2.24, 2.45) is 13.0 Å². The molecule has 76 valence electrons. The molecule has 0 amide bonds. The number of rotatable bonds is 2. The van der Waals surface area contributed by atoms with Crippen molar-refractivity contribution < 1.29 is 4.79 Å². The Labute approximate surface area is 83.3 Å². The van der Waals surface area contributed by atoms with Crippen LogP contribution in [0.2, 0.25) is 0 Å². The summed E-state index contributed by atoms with van der Waals surface area (Å²) >= 11 is 0. The van der Waals surface area contributed by atoms with Crippen molar-refractivity contribution in [3.05, 3.63) is 11.9 Å². The molecular weight excluding hydrogens is 178 g/mol. The molecule has 0 radical (unpaired) electrons. The summed E-state index contributed by atoms with van der Waals surface area (Å²) in [6.07, 6.45) is 6.68. The van der Waals surface area contributed by atoms with Crippen LogP contribution in [0.1, 0.15) is 31.4 Å².